The third-order valence-corrected chi connectivity index (χ3v) is 4.71. The highest BCUT2D eigenvalue weighted by Crippen LogP contribution is 2.31. The van der Waals surface area contributed by atoms with Gasteiger partial charge in [0.05, 0.1) is 18.3 Å². The highest BCUT2D eigenvalue weighted by atomic mass is 16.5. The molecule has 0 aliphatic carbocycles. The molecule has 1 N–H and O–H groups in total. The normalized spacial score (nSPS) is 10.9. The summed E-state index contributed by atoms with van der Waals surface area (Å²) >= 11 is 0. The van der Waals surface area contributed by atoms with E-state index < -0.39 is 0 Å². The van der Waals surface area contributed by atoms with E-state index in [0.29, 0.717) is 5.56 Å². The minimum Gasteiger partial charge on any atom is -0.497 e. The van der Waals surface area contributed by atoms with Gasteiger partial charge >= 0.3 is 0 Å². The largest absolute Gasteiger partial charge is 0.497 e. The SMILES string of the molecule is CCCn1c(C)c(C)c2cccc(NC(=O)c3ccc(OC)cc3)c21. The number of rotatable bonds is 5. The predicted octanol–water partition coefficient (Wildman–Crippen LogP) is 4.93. The van der Waals surface area contributed by atoms with Crippen molar-refractivity contribution in [3.8, 4) is 5.75 Å². The Labute approximate surface area is 148 Å². The van der Waals surface area contributed by atoms with Crippen LogP contribution in [0.2, 0.25) is 0 Å². The number of benzene rings is 2. The maximum atomic E-state index is 12.7. The van der Waals surface area contributed by atoms with Crippen LogP contribution in [0.3, 0.4) is 0 Å². The van der Waals surface area contributed by atoms with E-state index in [1.54, 1.807) is 31.4 Å². The first-order valence-corrected chi connectivity index (χ1v) is 8.60. The number of nitrogens with zero attached hydrogens (tertiary/aromatic N) is 1. The molecule has 0 radical (unpaired) electrons. The number of fused-ring (bicyclic) bond motifs is 1. The molecule has 1 amide bonds. The van der Waals surface area contributed by atoms with Gasteiger partial charge in [0.15, 0.2) is 0 Å². The summed E-state index contributed by atoms with van der Waals surface area (Å²) in [6.07, 6.45) is 1.05. The molecule has 25 heavy (non-hydrogen) atoms. The Morgan fingerprint density at radius 2 is 1.84 bits per heavy atom. The van der Waals surface area contributed by atoms with E-state index >= 15 is 0 Å². The van der Waals surface area contributed by atoms with Crippen LogP contribution in [0, 0.1) is 13.8 Å². The summed E-state index contributed by atoms with van der Waals surface area (Å²) < 4.78 is 7.45. The van der Waals surface area contributed by atoms with Gasteiger partial charge in [0.1, 0.15) is 5.75 Å². The summed E-state index contributed by atoms with van der Waals surface area (Å²) in [7, 11) is 1.61. The summed E-state index contributed by atoms with van der Waals surface area (Å²) in [6.45, 7) is 7.38. The summed E-state index contributed by atoms with van der Waals surface area (Å²) in [6, 6.07) is 13.2. The van der Waals surface area contributed by atoms with Crippen molar-refractivity contribution in [1.29, 1.82) is 0 Å². The van der Waals surface area contributed by atoms with Gasteiger partial charge in [-0.25, -0.2) is 0 Å². The Kier molecular flexibility index (Phi) is 4.79. The molecule has 2 aromatic carbocycles. The zero-order valence-corrected chi connectivity index (χ0v) is 15.2. The molecule has 0 atom stereocenters. The number of para-hydroxylation sites is 1. The predicted molar refractivity (Wildman–Crippen MR) is 103 cm³/mol. The van der Waals surface area contributed by atoms with Crippen molar-refractivity contribution < 1.29 is 9.53 Å². The molecular formula is C21H24N2O2. The molecule has 0 unspecified atom stereocenters. The quantitative estimate of drug-likeness (QED) is 0.718. The third kappa shape index (κ3) is 3.12. The number of amides is 1. The smallest absolute Gasteiger partial charge is 0.255 e. The Hall–Kier alpha value is -2.75. The van der Waals surface area contributed by atoms with Crippen molar-refractivity contribution >= 4 is 22.5 Å². The van der Waals surface area contributed by atoms with Crippen molar-refractivity contribution in [3.05, 3.63) is 59.3 Å². The highest BCUT2D eigenvalue weighted by Gasteiger charge is 2.15. The Morgan fingerprint density at radius 3 is 2.48 bits per heavy atom. The second kappa shape index (κ2) is 7.01. The lowest BCUT2D eigenvalue weighted by molar-refractivity contribution is 0.102. The average Bonchev–Trinajstić information content (AvgIpc) is 2.88. The number of methoxy groups -OCH3 is 1. The fraction of sp³-hybridized carbons (Fsp3) is 0.286. The molecule has 3 aromatic rings. The number of hydrogen-bond acceptors (Lipinski definition) is 2. The van der Waals surface area contributed by atoms with Crippen LogP contribution in [0.4, 0.5) is 5.69 Å². The number of carbonyl (C=O) groups excluding carboxylic acids is 1. The molecular weight excluding hydrogens is 312 g/mol. The van der Waals surface area contributed by atoms with Gasteiger partial charge in [-0.15, -0.1) is 0 Å². The van der Waals surface area contributed by atoms with Crippen molar-refractivity contribution in [3.63, 3.8) is 0 Å². The van der Waals surface area contributed by atoms with E-state index in [0.717, 1.165) is 29.9 Å². The van der Waals surface area contributed by atoms with Crippen molar-refractivity contribution in [2.45, 2.75) is 33.7 Å². The van der Waals surface area contributed by atoms with Crippen molar-refractivity contribution in [1.82, 2.24) is 4.57 Å². The summed E-state index contributed by atoms with van der Waals surface area (Å²) in [4.78, 5) is 12.7. The zero-order chi connectivity index (χ0) is 18.0. The molecule has 4 heteroatoms. The monoisotopic (exact) mass is 336 g/mol. The molecule has 0 aliphatic rings. The zero-order valence-electron chi connectivity index (χ0n) is 15.2. The standard InChI is InChI=1S/C21H24N2O2/c1-5-13-23-15(3)14(2)18-7-6-8-19(20(18)23)22-21(24)16-9-11-17(25-4)12-10-16/h6-12H,5,13H2,1-4H3,(H,22,24). The minimum absolute atomic E-state index is 0.116. The van der Waals surface area contributed by atoms with Gasteiger partial charge in [-0.2, -0.15) is 0 Å². The van der Waals surface area contributed by atoms with E-state index in [9.17, 15) is 4.79 Å². The second-order valence-electron chi connectivity index (χ2n) is 6.25. The van der Waals surface area contributed by atoms with Crippen molar-refractivity contribution in [2.24, 2.45) is 0 Å². The first-order valence-electron chi connectivity index (χ1n) is 8.60. The van der Waals surface area contributed by atoms with Gasteiger partial charge in [-0.1, -0.05) is 19.1 Å². The summed E-state index contributed by atoms with van der Waals surface area (Å²) in [5.41, 5.74) is 5.08. The van der Waals surface area contributed by atoms with Gasteiger partial charge in [-0.3, -0.25) is 4.79 Å². The summed E-state index contributed by atoms with van der Waals surface area (Å²) in [5, 5.41) is 4.27. The fourth-order valence-electron chi connectivity index (χ4n) is 3.24. The lowest BCUT2D eigenvalue weighted by Crippen LogP contribution is -2.13. The number of ether oxygens (including phenoxy) is 1. The van der Waals surface area contributed by atoms with Crippen LogP contribution in [0.5, 0.6) is 5.75 Å². The van der Waals surface area contributed by atoms with Gasteiger partial charge in [0.25, 0.3) is 5.91 Å². The van der Waals surface area contributed by atoms with E-state index in [1.165, 1.54) is 16.6 Å². The van der Waals surface area contributed by atoms with Gasteiger partial charge < -0.3 is 14.6 Å². The minimum atomic E-state index is -0.116. The molecule has 0 spiro atoms. The van der Waals surface area contributed by atoms with Crippen LogP contribution in [0.1, 0.15) is 35.0 Å². The van der Waals surface area contributed by atoms with Gasteiger partial charge in [0, 0.05) is 23.2 Å². The molecule has 130 valence electrons. The van der Waals surface area contributed by atoms with Gasteiger partial charge in [0.2, 0.25) is 0 Å². The second-order valence-corrected chi connectivity index (χ2v) is 6.25. The number of carbonyl (C=O) groups is 1. The highest BCUT2D eigenvalue weighted by molar-refractivity contribution is 6.09. The molecule has 0 fully saturated rings. The third-order valence-electron chi connectivity index (χ3n) is 4.71. The van der Waals surface area contributed by atoms with Gasteiger partial charge in [-0.05, 0) is 56.2 Å². The molecule has 0 saturated carbocycles. The van der Waals surface area contributed by atoms with Crippen LogP contribution in [0.15, 0.2) is 42.5 Å². The summed E-state index contributed by atoms with van der Waals surface area (Å²) in [5.74, 6) is 0.622. The topological polar surface area (TPSA) is 43.3 Å². The van der Waals surface area contributed by atoms with E-state index in [4.69, 9.17) is 4.74 Å². The molecule has 0 aliphatic heterocycles. The number of aromatic nitrogens is 1. The maximum Gasteiger partial charge on any atom is 0.255 e. The molecule has 0 saturated heterocycles. The maximum absolute atomic E-state index is 12.7. The van der Waals surface area contributed by atoms with E-state index in [2.05, 4.69) is 36.7 Å². The van der Waals surface area contributed by atoms with Crippen LogP contribution < -0.4 is 10.1 Å². The Bertz CT molecular complexity index is 908. The van der Waals surface area contributed by atoms with Crippen molar-refractivity contribution in [2.75, 3.05) is 12.4 Å². The Morgan fingerprint density at radius 1 is 1.12 bits per heavy atom. The molecule has 1 aromatic heterocycles. The Balaban J connectivity index is 2.00. The number of aryl methyl sites for hydroxylation is 2. The number of anilines is 1. The molecule has 1 heterocycles. The lowest BCUT2D eigenvalue weighted by atomic mass is 10.1. The van der Waals surface area contributed by atoms with E-state index in [1.807, 2.05) is 12.1 Å². The van der Waals surface area contributed by atoms with E-state index in [-0.39, 0.29) is 5.91 Å². The molecule has 3 rings (SSSR count). The average molecular weight is 336 g/mol. The van der Waals surface area contributed by atoms with Crippen LogP contribution >= 0.6 is 0 Å². The van der Waals surface area contributed by atoms with Crippen LogP contribution in [-0.2, 0) is 6.54 Å². The molecule has 4 nitrogen and oxygen atoms in total. The first-order chi connectivity index (χ1) is 12.1. The van der Waals surface area contributed by atoms with Crippen LogP contribution in [0.25, 0.3) is 10.9 Å². The lowest BCUT2D eigenvalue weighted by Gasteiger charge is -2.12. The fourth-order valence-corrected chi connectivity index (χ4v) is 3.24. The first kappa shape index (κ1) is 17.1. The molecule has 0 bridgehead atoms. The number of nitrogens with one attached hydrogen (secondary N) is 1. The number of hydrogen-bond donors (Lipinski definition) is 1. The van der Waals surface area contributed by atoms with Crippen LogP contribution in [-0.4, -0.2) is 17.6 Å².